The van der Waals surface area contributed by atoms with Crippen molar-refractivity contribution in [2.45, 2.75) is 52.0 Å². The van der Waals surface area contributed by atoms with E-state index in [2.05, 4.69) is 5.32 Å². The highest BCUT2D eigenvalue weighted by atomic mass is 16.4. The Labute approximate surface area is 118 Å². The molecular weight excluding hydrogens is 258 g/mol. The van der Waals surface area contributed by atoms with Crippen molar-refractivity contribution in [1.29, 1.82) is 0 Å². The number of carbonyl (C=O) groups is 2. The van der Waals surface area contributed by atoms with Gasteiger partial charge in [0.15, 0.2) is 5.76 Å². The average molecular weight is 279 g/mol. The first-order valence-corrected chi connectivity index (χ1v) is 7.10. The van der Waals surface area contributed by atoms with E-state index >= 15 is 0 Å². The zero-order chi connectivity index (χ0) is 14.8. The maximum absolute atomic E-state index is 12.2. The molecule has 1 aliphatic rings. The van der Waals surface area contributed by atoms with Crippen LogP contribution in [0.15, 0.2) is 16.5 Å². The van der Waals surface area contributed by atoms with Gasteiger partial charge in [0, 0.05) is 12.5 Å². The molecule has 2 unspecified atom stereocenters. The van der Waals surface area contributed by atoms with Crippen LogP contribution < -0.4 is 5.32 Å². The van der Waals surface area contributed by atoms with Gasteiger partial charge in [-0.1, -0.05) is 19.8 Å². The van der Waals surface area contributed by atoms with E-state index in [1.165, 1.54) is 0 Å². The third-order valence-corrected chi connectivity index (χ3v) is 4.24. The van der Waals surface area contributed by atoms with Gasteiger partial charge in [-0.3, -0.25) is 9.59 Å². The summed E-state index contributed by atoms with van der Waals surface area (Å²) in [5.41, 5.74) is -0.895. The number of carbonyl (C=O) groups excluding carboxylic acids is 1. The Kier molecular flexibility index (Phi) is 4.16. The van der Waals surface area contributed by atoms with Gasteiger partial charge in [0.05, 0.1) is 5.41 Å². The Morgan fingerprint density at radius 1 is 1.45 bits per heavy atom. The second-order valence-electron chi connectivity index (χ2n) is 5.61. The number of hydrogen-bond acceptors (Lipinski definition) is 3. The van der Waals surface area contributed by atoms with Crippen molar-refractivity contribution < 1.29 is 19.1 Å². The van der Waals surface area contributed by atoms with Gasteiger partial charge >= 0.3 is 5.97 Å². The van der Waals surface area contributed by atoms with E-state index in [4.69, 9.17) is 4.42 Å². The van der Waals surface area contributed by atoms with Crippen LogP contribution in [-0.4, -0.2) is 23.0 Å². The minimum Gasteiger partial charge on any atom is -0.481 e. The van der Waals surface area contributed by atoms with Crippen LogP contribution in [0.1, 0.15) is 55.8 Å². The van der Waals surface area contributed by atoms with Gasteiger partial charge in [0.2, 0.25) is 0 Å². The molecule has 1 amide bonds. The van der Waals surface area contributed by atoms with Crippen molar-refractivity contribution >= 4 is 11.9 Å². The molecule has 0 radical (unpaired) electrons. The Hall–Kier alpha value is -1.78. The van der Waals surface area contributed by atoms with Crippen LogP contribution in [0.4, 0.5) is 0 Å². The number of carboxylic acids is 1. The van der Waals surface area contributed by atoms with E-state index in [0.717, 1.165) is 25.0 Å². The molecule has 0 aliphatic heterocycles. The third kappa shape index (κ3) is 2.71. The SMILES string of the molecule is CCc1ccc(C(=O)NC2CCCCC2(C)C(=O)O)o1. The Bertz CT molecular complexity index is 508. The molecule has 1 heterocycles. The predicted molar refractivity (Wildman–Crippen MR) is 73.6 cm³/mol. The lowest BCUT2D eigenvalue weighted by Crippen LogP contribution is -2.52. The lowest BCUT2D eigenvalue weighted by Gasteiger charge is -2.38. The van der Waals surface area contributed by atoms with Crippen LogP contribution in [0.25, 0.3) is 0 Å². The summed E-state index contributed by atoms with van der Waals surface area (Å²) in [7, 11) is 0. The summed E-state index contributed by atoms with van der Waals surface area (Å²) in [5.74, 6) is -0.180. The van der Waals surface area contributed by atoms with Crippen LogP contribution in [0.2, 0.25) is 0 Å². The highest BCUT2D eigenvalue weighted by molar-refractivity contribution is 5.92. The molecule has 0 aromatic carbocycles. The highest BCUT2D eigenvalue weighted by Gasteiger charge is 2.44. The fourth-order valence-corrected chi connectivity index (χ4v) is 2.74. The second kappa shape index (κ2) is 5.69. The maximum Gasteiger partial charge on any atom is 0.311 e. The molecule has 5 nitrogen and oxygen atoms in total. The molecule has 2 atom stereocenters. The summed E-state index contributed by atoms with van der Waals surface area (Å²) in [6, 6.07) is 3.05. The zero-order valence-corrected chi connectivity index (χ0v) is 11.9. The van der Waals surface area contributed by atoms with Crippen LogP contribution in [-0.2, 0) is 11.2 Å². The van der Waals surface area contributed by atoms with Crippen molar-refractivity contribution in [3.63, 3.8) is 0 Å². The van der Waals surface area contributed by atoms with E-state index in [0.29, 0.717) is 12.8 Å². The van der Waals surface area contributed by atoms with E-state index < -0.39 is 11.4 Å². The minimum absolute atomic E-state index is 0.250. The molecule has 0 bridgehead atoms. The molecule has 1 aromatic rings. The first kappa shape index (κ1) is 14.6. The van der Waals surface area contributed by atoms with Gasteiger partial charge in [-0.2, -0.15) is 0 Å². The fourth-order valence-electron chi connectivity index (χ4n) is 2.74. The summed E-state index contributed by atoms with van der Waals surface area (Å²) in [5, 5.41) is 12.2. The molecule has 2 rings (SSSR count). The zero-order valence-electron chi connectivity index (χ0n) is 11.9. The number of amides is 1. The molecule has 1 fully saturated rings. The molecule has 2 N–H and O–H groups in total. The number of aryl methyl sites for hydroxylation is 1. The molecule has 0 saturated heterocycles. The minimum atomic E-state index is -0.895. The molecule has 20 heavy (non-hydrogen) atoms. The number of furan rings is 1. The molecule has 5 heteroatoms. The maximum atomic E-state index is 12.2. The number of aliphatic carboxylic acids is 1. The molecular formula is C15H21NO4. The number of nitrogens with one attached hydrogen (secondary N) is 1. The van der Waals surface area contributed by atoms with Crippen molar-refractivity contribution in [1.82, 2.24) is 5.32 Å². The number of rotatable bonds is 4. The monoisotopic (exact) mass is 279 g/mol. The van der Waals surface area contributed by atoms with Gasteiger partial charge in [0.1, 0.15) is 5.76 Å². The van der Waals surface area contributed by atoms with Crippen LogP contribution in [0.3, 0.4) is 0 Å². The highest BCUT2D eigenvalue weighted by Crippen LogP contribution is 2.36. The summed E-state index contributed by atoms with van der Waals surface area (Å²) < 4.78 is 5.41. The Morgan fingerprint density at radius 3 is 2.80 bits per heavy atom. The lowest BCUT2D eigenvalue weighted by atomic mass is 9.71. The van der Waals surface area contributed by atoms with E-state index in [1.54, 1.807) is 19.1 Å². The van der Waals surface area contributed by atoms with Crippen LogP contribution >= 0.6 is 0 Å². The predicted octanol–water partition coefficient (Wildman–Crippen LogP) is 2.61. The van der Waals surface area contributed by atoms with Crippen molar-refractivity contribution in [2.75, 3.05) is 0 Å². The fraction of sp³-hybridized carbons (Fsp3) is 0.600. The quantitative estimate of drug-likeness (QED) is 0.887. The van der Waals surface area contributed by atoms with Crippen molar-refractivity contribution in [2.24, 2.45) is 5.41 Å². The first-order chi connectivity index (χ1) is 9.47. The summed E-state index contributed by atoms with van der Waals surface area (Å²) in [4.78, 5) is 23.6. The van der Waals surface area contributed by atoms with E-state index in [9.17, 15) is 14.7 Å². The molecule has 0 spiro atoms. The molecule has 1 saturated carbocycles. The molecule has 110 valence electrons. The largest absolute Gasteiger partial charge is 0.481 e. The van der Waals surface area contributed by atoms with Crippen molar-refractivity contribution in [3.05, 3.63) is 23.7 Å². The number of carboxylic acid groups (broad SMARTS) is 1. The smallest absolute Gasteiger partial charge is 0.311 e. The summed E-state index contributed by atoms with van der Waals surface area (Å²) >= 11 is 0. The average Bonchev–Trinajstić information content (AvgIpc) is 2.90. The van der Waals surface area contributed by atoms with Gasteiger partial charge in [0.25, 0.3) is 5.91 Å². The Morgan fingerprint density at radius 2 is 2.20 bits per heavy atom. The van der Waals surface area contributed by atoms with Gasteiger partial charge in [-0.15, -0.1) is 0 Å². The first-order valence-electron chi connectivity index (χ1n) is 7.10. The third-order valence-electron chi connectivity index (χ3n) is 4.24. The van der Waals surface area contributed by atoms with Gasteiger partial charge < -0.3 is 14.8 Å². The normalized spacial score (nSPS) is 26.2. The van der Waals surface area contributed by atoms with Crippen LogP contribution in [0.5, 0.6) is 0 Å². The lowest BCUT2D eigenvalue weighted by molar-refractivity contribution is -0.151. The molecule has 1 aromatic heterocycles. The number of hydrogen-bond donors (Lipinski definition) is 2. The summed E-state index contributed by atoms with van der Waals surface area (Å²) in [6.45, 7) is 3.65. The summed E-state index contributed by atoms with van der Waals surface area (Å²) in [6.07, 6.45) is 3.83. The van der Waals surface area contributed by atoms with Gasteiger partial charge in [-0.25, -0.2) is 0 Å². The van der Waals surface area contributed by atoms with E-state index in [1.807, 2.05) is 6.92 Å². The molecule has 1 aliphatic carbocycles. The van der Waals surface area contributed by atoms with Crippen molar-refractivity contribution in [3.8, 4) is 0 Å². The van der Waals surface area contributed by atoms with Gasteiger partial charge in [-0.05, 0) is 31.9 Å². The van der Waals surface area contributed by atoms with Crippen LogP contribution in [0, 0.1) is 5.41 Å². The topological polar surface area (TPSA) is 79.5 Å². The Balaban J connectivity index is 2.10. The van der Waals surface area contributed by atoms with E-state index in [-0.39, 0.29) is 17.7 Å². The standard InChI is InChI=1S/C15H21NO4/c1-3-10-7-8-11(20-10)13(17)16-12-6-4-5-9-15(12,2)14(18)19/h7-8,12H,3-6,9H2,1-2H3,(H,16,17)(H,18,19). The second-order valence-corrected chi connectivity index (χ2v) is 5.61.